The first-order valence-electron chi connectivity index (χ1n) is 10.0. The van der Waals surface area contributed by atoms with Crippen molar-refractivity contribution in [2.24, 2.45) is 0 Å². The van der Waals surface area contributed by atoms with Crippen molar-refractivity contribution in [1.29, 1.82) is 0 Å². The summed E-state index contributed by atoms with van der Waals surface area (Å²) < 4.78 is 16.6. The van der Waals surface area contributed by atoms with Crippen LogP contribution < -0.4 is 14.8 Å². The van der Waals surface area contributed by atoms with E-state index < -0.39 is 15.8 Å². The number of carbonyl (C=O) groups is 1. The standard InChI is InChI=1S/C23H16N4O8/c28-23(22-8-7-20(35-22)14-33-18-5-3-16(4-6-18)26(29)30)25-15-10-17(27(31)32)12-21(11-15)34-19-2-1-9-24-13-19/h1-13H,14H2,(H,25,28). The van der Waals surface area contributed by atoms with Gasteiger partial charge in [-0.2, -0.15) is 0 Å². The number of nitrogens with zero attached hydrogens (tertiary/aromatic N) is 3. The van der Waals surface area contributed by atoms with E-state index >= 15 is 0 Å². The van der Waals surface area contributed by atoms with E-state index in [0.29, 0.717) is 17.3 Å². The van der Waals surface area contributed by atoms with Crippen molar-refractivity contribution < 1.29 is 28.5 Å². The largest absolute Gasteiger partial charge is 0.486 e. The van der Waals surface area contributed by atoms with Crippen LogP contribution >= 0.6 is 0 Å². The van der Waals surface area contributed by atoms with Gasteiger partial charge >= 0.3 is 0 Å². The van der Waals surface area contributed by atoms with Crippen LogP contribution in [0.5, 0.6) is 17.2 Å². The van der Waals surface area contributed by atoms with Crippen molar-refractivity contribution in [1.82, 2.24) is 4.98 Å². The average molecular weight is 476 g/mol. The number of nitro groups is 2. The van der Waals surface area contributed by atoms with E-state index in [1.54, 1.807) is 18.3 Å². The highest BCUT2D eigenvalue weighted by atomic mass is 16.6. The molecule has 176 valence electrons. The monoisotopic (exact) mass is 476 g/mol. The minimum absolute atomic E-state index is 0.0228. The van der Waals surface area contributed by atoms with E-state index in [4.69, 9.17) is 13.9 Å². The quantitative estimate of drug-likeness (QED) is 0.255. The number of amides is 1. The maximum atomic E-state index is 12.6. The summed E-state index contributed by atoms with van der Waals surface area (Å²) in [7, 11) is 0. The molecule has 2 aromatic heterocycles. The van der Waals surface area contributed by atoms with E-state index in [1.807, 2.05) is 0 Å². The molecule has 4 rings (SSSR count). The second kappa shape index (κ2) is 10.1. The number of rotatable bonds is 9. The molecule has 0 aliphatic heterocycles. The Morgan fingerprint density at radius 2 is 1.69 bits per heavy atom. The molecule has 0 saturated heterocycles. The third kappa shape index (κ3) is 5.96. The first-order valence-corrected chi connectivity index (χ1v) is 10.0. The molecule has 1 amide bonds. The third-order valence-corrected chi connectivity index (χ3v) is 4.54. The Morgan fingerprint density at radius 1 is 0.914 bits per heavy atom. The molecule has 0 radical (unpaired) electrons. The summed E-state index contributed by atoms with van der Waals surface area (Å²) in [6, 6.07) is 15.6. The van der Waals surface area contributed by atoms with Gasteiger partial charge in [0, 0.05) is 30.5 Å². The van der Waals surface area contributed by atoms with Crippen LogP contribution in [0.15, 0.2) is 83.5 Å². The first kappa shape index (κ1) is 22.9. The second-order valence-electron chi connectivity index (χ2n) is 7.02. The molecule has 0 atom stereocenters. The molecule has 0 unspecified atom stereocenters. The maximum absolute atomic E-state index is 12.6. The number of pyridine rings is 1. The Kier molecular flexibility index (Phi) is 6.63. The van der Waals surface area contributed by atoms with Gasteiger partial charge in [-0.05, 0) is 36.4 Å². The van der Waals surface area contributed by atoms with Crippen LogP contribution in [0.3, 0.4) is 0 Å². The molecule has 2 aromatic carbocycles. The predicted octanol–water partition coefficient (Wildman–Crippen LogP) is 5.11. The highest BCUT2D eigenvalue weighted by Gasteiger charge is 2.16. The number of anilines is 1. The van der Waals surface area contributed by atoms with Crippen molar-refractivity contribution in [3.05, 3.63) is 111 Å². The van der Waals surface area contributed by atoms with Crippen LogP contribution in [-0.2, 0) is 6.61 Å². The number of aromatic nitrogens is 1. The molecular weight excluding hydrogens is 460 g/mol. The van der Waals surface area contributed by atoms with Crippen molar-refractivity contribution in [2.45, 2.75) is 6.61 Å². The molecule has 4 aromatic rings. The number of nitro benzene ring substituents is 2. The van der Waals surface area contributed by atoms with Crippen LogP contribution in [0.1, 0.15) is 16.3 Å². The SMILES string of the molecule is O=C(Nc1cc(Oc2cccnc2)cc([N+](=O)[O-])c1)c1ccc(COc2ccc([N+](=O)[O-])cc2)o1. The van der Waals surface area contributed by atoms with Gasteiger partial charge in [-0.3, -0.25) is 30.0 Å². The van der Waals surface area contributed by atoms with E-state index in [-0.39, 0.29) is 35.2 Å². The smallest absolute Gasteiger partial charge is 0.291 e. The number of carbonyl (C=O) groups excluding carboxylic acids is 1. The number of nitrogens with one attached hydrogen (secondary N) is 1. The molecule has 1 N–H and O–H groups in total. The summed E-state index contributed by atoms with van der Waals surface area (Å²) in [4.78, 5) is 37.4. The number of non-ortho nitro benzene ring substituents is 2. The summed E-state index contributed by atoms with van der Waals surface area (Å²) in [6.07, 6.45) is 3.00. The molecule has 12 heteroatoms. The summed E-state index contributed by atoms with van der Waals surface area (Å²) in [5, 5.41) is 24.6. The Morgan fingerprint density at radius 3 is 2.37 bits per heavy atom. The van der Waals surface area contributed by atoms with Crippen LogP contribution in [0.25, 0.3) is 0 Å². The van der Waals surface area contributed by atoms with Gasteiger partial charge in [-0.15, -0.1) is 0 Å². The predicted molar refractivity (Wildman–Crippen MR) is 121 cm³/mol. The molecule has 0 aliphatic carbocycles. The van der Waals surface area contributed by atoms with Crippen molar-refractivity contribution in [3.63, 3.8) is 0 Å². The molecule has 0 saturated carbocycles. The number of furan rings is 1. The van der Waals surface area contributed by atoms with Crippen molar-refractivity contribution in [2.75, 3.05) is 5.32 Å². The first-order chi connectivity index (χ1) is 16.9. The van der Waals surface area contributed by atoms with E-state index in [2.05, 4.69) is 10.3 Å². The Hall–Kier alpha value is -5.26. The van der Waals surface area contributed by atoms with Crippen LogP contribution in [0.2, 0.25) is 0 Å². The molecule has 0 bridgehead atoms. The number of benzene rings is 2. The normalized spacial score (nSPS) is 10.4. The van der Waals surface area contributed by atoms with Gasteiger partial charge in [-0.25, -0.2) is 0 Å². The summed E-state index contributed by atoms with van der Waals surface area (Å²) in [6.45, 7) is -0.0228. The fourth-order valence-electron chi connectivity index (χ4n) is 2.95. The molecular formula is C23H16N4O8. The van der Waals surface area contributed by atoms with E-state index in [9.17, 15) is 25.0 Å². The minimum Gasteiger partial charge on any atom is -0.486 e. The molecule has 12 nitrogen and oxygen atoms in total. The van der Waals surface area contributed by atoms with Gasteiger partial charge in [-0.1, -0.05) is 0 Å². The number of hydrogen-bond donors (Lipinski definition) is 1. The van der Waals surface area contributed by atoms with Crippen LogP contribution in [0, 0.1) is 20.2 Å². The Labute approximate surface area is 197 Å². The lowest BCUT2D eigenvalue weighted by Crippen LogP contribution is -2.11. The van der Waals surface area contributed by atoms with Gasteiger partial charge in [0.15, 0.2) is 5.76 Å². The fraction of sp³-hybridized carbons (Fsp3) is 0.0435. The molecule has 35 heavy (non-hydrogen) atoms. The topological polar surface area (TPSA) is 160 Å². The number of hydrogen-bond acceptors (Lipinski definition) is 9. The van der Waals surface area contributed by atoms with Gasteiger partial charge in [0.1, 0.15) is 29.6 Å². The van der Waals surface area contributed by atoms with Crippen LogP contribution in [-0.4, -0.2) is 20.7 Å². The van der Waals surface area contributed by atoms with Gasteiger partial charge < -0.3 is 19.2 Å². The fourth-order valence-corrected chi connectivity index (χ4v) is 2.95. The summed E-state index contributed by atoms with van der Waals surface area (Å²) >= 11 is 0. The molecule has 0 aliphatic rings. The average Bonchev–Trinajstić information content (AvgIpc) is 3.33. The van der Waals surface area contributed by atoms with Gasteiger partial charge in [0.25, 0.3) is 17.3 Å². The minimum atomic E-state index is -0.639. The van der Waals surface area contributed by atoms with Crippen molar-refractivity contribution in [3.8, 4) is 17.2 Å². The van der Waals surface area contributed by atoms with Crippen molar-refractivity contribution >= 4 is 23.0 Å². The van der Waals surface area contributed by atoms with E-state index in [0.717, 1.165) is 0 Å². The van der Waals surface area contributed by atoms with E-state index in [1.165, 1.54) is 60.8 Å². The third-order valence-electron chi connectivity index (χ3n) is 4.54. The highest BCUT2D eigenvalue weighted by Crippen LogP contribution is 2.30. The zero-order chi connectivity index (χ0) is 24.8. The van der Waals surface area contributed by atoms with Gasteiger partial charge in [0.2, 0.25) is 0 Å². The lowest BCUT2D eigenvalue weighted by atomic mass is 10.2. The lowest BCUT2D eigenvalue weighted by molar-refractivity contribution is -0.385. The Balaban J connectivity index is 1.43. The molecule has 0 fully saturated rings. The summed E-state index contributed by atoms with van der Waals surface area (Å²) in [5.74, 6) is 0.532. The highest BCUT2D eigenvalue weighted by molar-refractivity contribution is 6.02. The molecule has 2 heterocycles. The zero-order valence-electron chi connectivity index (χ0n) is 17.8. The molecule has 0 spiro atoms. The Bertz CT molecular complexity index is 1370. The second-order valence-corrected chi connectivity index (χ2v) is 7.02. The van der Waals surface area contributed by atoms with Gasteiger partial charge in [0.05, 0.1) is 27.8 Å². The maximum Gasteiger partial charge on any atom is 0.291 e. The zero-order valence-corrected chi connectivity index (χ0v) is 17.8. The lowest BCUT2D eigenvalue weighted by Gasteiger charge is -2.08. The van der Waals surface area contributed by atoms with Crippen LogP contribution in [0.4, 0.5) is 17.1 Å². The number of ether oxygens (including phenoxy) is 2. The summed E-state index contributed by atoms with van der Waals surface area (Å²) in [5.41, 5.74) is -0.217.